The number of hydrogen-bond donors (Lipinski definition) is 3. The number of nitrogens with one attached hydrogen (secondary N) is 3. The van der Waals surface area contributed by atoms with Crippen molar-refractivity contribution in [3.63, 3.8) is 0 Å². The molecule has 51 heavy (non-hydrogen) atoms. The molecule has 2 aromatic carbocycles. The Morgan fingerprint density at radius 1 is 0.941 bits per heavy atom. The minimum atomic E-state index is -1.00. The summed E-state index contributed by atoms with van der Waals surface area (Å²) in [5, 5.41) is 18.4. The third kappa shape index (κ3) is 6.35. The van der Waals surface area contributed by atoms with Crippen LogP contribution < -0.4 is 16.0 Å². The number of hydrogen-bond acceptors (Lipinski definition) is 10. The fraction of sp³-hybridized carbons (Fsp3) is 0.351. The Hall–Kier alpha value is -5.50. The fourth-order valence-electron chi connectivity index (χ4n) is 6.78. The van der Waals surface area contributed by atoms with Gasteiger partial charge in [-0.3, -0.25) is 43.7 Å². The zero-order chi connectivity index (χ0) is 36.0. The summed E-state index contributed by atoms with van der Waals surface area (Å²) in [7, 11) is 0. The molecule has 4 aromatic rings. The van der Waals surface area contributed by atoms with Crippen molar-refractivity contribution in [2.24, 2.45) is 4.99 Å². The molecule has 1 unspecified atom stereocenters. The van der Waals surface area contributed by atoms with Gasteiger partial charge in [-0.1, -0.05) is 29.8 Å². The Morgan fingerprint density at radius 2 is 1.69 bits per heavy atom. The van der Waals surface area contributed by atoms with Crippen molar-refractivity contribution in [1.82, 2.24) is 30.3 Å². The third-order valence-corrected chi connectivity index (χ3v) is 10.8. The first-order valence-electron chi connectivity index (χ1n) is 17.1. The predicted octanol–water partition coefficient (Wildman–Crippen LogP) is 4.25. The van der Waals surface area contributed by atoms with Gasteiger partial charge < -0.3 is 10.6 Å². The van der Waals surface area contributed by atoms with E-state index < -0.39 is 35.7 Å². The highest BCUT2D eigenvalue weighted by atomic mass is 32.1. The van der Waals surface area contributed by atoms with Gasteiger partial charge in [0.05, 0.1) is 23.3 Å². The SMILES string of the molecule is Cc1ccc(C2=N[C@@H](CC(=O)NCCCCNc3ccc4c(c3)C(=O)N(C3CCC(=O)NC3=O)C4=O)c3nnc(C)n3-c3sc(C)c(C)c32)cc1. The Balaban J connectivity index is 0.959. The number of anilines is 1. The Labute approximate surface area is 298 Å². The molecule has 0 saturated carbocycles. The molecular formula is C37H38N8O5S. The summed E-state index contributed by atoms with van der Waals surface area (Å²) in [6.45, 7) is 9.23. The van der Waals surface area contributed by atoms with Crippen LogP contribution in [0.3, 0.4) is 0 Å². The van der Waals surface area contributed by atoms with E-state index in [2.05, 4.69) is 71.2 Å². The Morgan fingerprint density at radius 3 is 2.45 bits per heavy atom. The van der Waals surface area contributed by atoms with Gasteiger partial charge in [-0.05, 0) is 70.7 Å². The number of rotatable bonds is 10. The van der Waals surface area contributed by atoms with Crippen LogP contribution in [0.5, 0.6) is 0 Å². The van der Waals surface area contributed by atoms with Crippen molar-refractivity contribution in [1.29, 1.82) is 0 Å². The molecule has 3 aliphatic rings. The van der Waals surface area contributed by atoms with Crippen LogP contribution in [0, 0.1) is 27.7 Å². The second kappa shape index (κ2) is 13.7. The number of carbonyl (C=O) groups excluding carboxylic acids is 5. The summed E-state index contributed by atoms with van der Waals surface area (Å²) in [4.78, 5) is 70.6. The van der Waals surface area contributed by atoms with Gasteiger partial charge in [0, 0.05) is 41.2 Å². The molecular weight excluding hydrogens is 669 g/mol. The van der Waals surface area contributed by atoms with Crippen molar-refractivity contribution in [2.45, 2.75) is 71.9 Å². The van der Waals surface area contributed by atoms with Crippen molar-refractivity contribution in [3.05, 3.63) is 92.4 Å². The fourth-order valence-corrected chi connectivity index (χ4v) is 7.99. The molecule has 3 N–H and O–H groups in total. The average Bonchev–Trinajstić information content (AvgIpc) is 3.67. The number of aromatic nitrogens is 3. The minimum absolute atomic E-state index is 0.0682. The standard InChI is InChI=1S/C37H38N8O5S/c1-19-7-9-23(10-8-19)32-31-20(2)21(3)51-37(31)44-22(4)42-43-33(44)27(40-32)18-30(47)39-16-6-5-15-38-24-11-12-25-26(17-24)36(50)45(35(25)49)28-13-14-29(46)41-34(28)48/h7-12,17,27-28,38H,5-6,13-16,18H2,1-4H3,(H,39,47)(H,41,46,48)/t27-,28?/m0/s1. The van der Waals surface area contributed by atoms with E-state index in [1.165, 1.54) is 4.88 Å². The molecule has 5 heterocycles. The molecule has 2 aromatic heterocycles. The summed E-state index contributed by atoms with van der Waals surface area (Å²) < 4.78 is 2.04. The van der Waals surface area contributed by atoms with Crippen LogP contribution in [-0.2, 0) is 14.4 Å². The molecule has 3 aliphatic heterocycles. The van der Waals surface area contributed by atoms with E-state index in [4.69, 9.17) is 4.99 Å². The largest absolute Gasteiger partial charge is 0.385 e. The van der Waals surface area contributed by atoms with Crippen LogP contribution in [0.25, 0.3) is 5.00 Å². The van der Waals surface area contributed by atoms with Crippen LogP contribution in [0.4, 0.5) is 5.69 Å². The highest BCUT2D eigenvalue weighted by Crippen LogP contribution is 2.39. The number of benzene rings is 2. The van der Waals surface area contributed by atoms with E-state index in [-0.39, 0.29) is 36.3 Å². The number of amides is 5. The summed E-state index contributed by atoms with van der Waals surface area (Å²) in [6.07, 6.45) is 1.74. The Bertz CT molecular complexity index is 2130. The topological polar surface area (TPSA) is 168 Å². The molecule has 0 aliphatic carbocycles. The highest BCUT2D eigenvalue weighted by molar-refractivity contribution is 7.15. The van der Waals surface area contributed by atoms with Gasteiger partial charge >= 0.3 is 0 Å². The van der Waals surface area contributed by atoms with Crippen molar-refractivity contribution >= 4 is 52.3 Å². The molecule has 262 valence electrons. The van der Waals surface area contributed by atoms with Crippen LogP contribution >= 0.6 is 11.3 Å². The smallest absolute Gasteiger partial charge is 0.262 e. The number of piperidine rings is 1. The number of nitrogens with zero attached hydrogens (tertiary/aromatic N) is 5. The van der Waals surface area contributed by atoms with Gasteiger partial charge in [0.25, 0.3) is 11.8 Å². The number of fused-ring (bicyclic) bond motifs is 4. The summed E-state index contributed by atoms with van der Waals surface area (Å²) in [5.41, 5.74) is 6.31. The first-order valence-corrected chi connectivity index (χ1v) is 17.9. The Kier molecular flexibility index (Phi) is 9.10. The number of imide groups is 2. The van der Waals surface area contributed by atoms with E-state index in [0.29, 0.717) is 31.0 Å². The van der Waals surface area contributed by atoms with E-state index in [9.17, 15) is 24.0 Å². The van der Waals surface area contributed by atoms with E-state index in [1.54, 1.807) is 29.5 Å². The molecule has 13 nitrogen and oxygen atoms in total. The second-order valence-corrected chi connectivity index (χ2v) is 14.4. The first-order chi connectivity index (χ1) is 24.5. The quantitative estimate of drug-likeness (QED) is 0.163. The van der Waals surface area contributed by atoms with Gasteiger partial charge in [0.1, 0.15) is 22.9 Å². The molecule has 14 heteroatoms. The number of thiophene rings is 1. The third-order valence-electron chi connectivity index (χ3n) is 9.64. The van der Waals surface area contributed by atoms with E-state index in [1.807, 2.05) is 11.5 Å². The molecule has 0 spiro atoms. The number of aliphatic imine (C=N–C) groups is 1. The lowest BCUT2D eigenvalue weighted by molar-refractivity contribution is -0.136. The van der Waals surface area contributed by atoms with Gasteiger partial charge in [-0.15, -0.1) is 21.5 Å². The van der Waals surface area contributed by atoms with Gasteiger partial charge in [-0.25, -0.2) is 0 Å². The maximum Gasteiger partial charge on any atom is 0.262 e. The lowest BCUT2D eigenvalue weighted by Gasteiger charge is -2.27. The van der Waals surface area contributed by atoms with Gasteiger partial charge in [-0.2, -0.15) is 0 Å². The predicted molar refractivity (Wildman–Crippen MR) is 191 cm³/mol. The molecule has 5 amide bonds. The summed E-state index contributed by atoms with van der Waals surface area (Å²) in [5.74, 6) is -0.877. The van der Waals surface area contributed by atoms with E-state index >= 15 is 0 Å². The lowest BCUT2D eigenvalue weighted by atomic mass is 9.99. The minimum Gasteiger partial charge on any atom is -0.385 e. The summed E-state index contributed by atoms with van der Waals surface area (Å²) >= 11 is 1.68. The van der Waals surface area contributed by atoms with Crippen LogP contribution in [0.2, 0.25) is 0 Å². The van der Waals surface area contributed by atoms with Gasteiger partial charge in [0.2, 0.25) is 17.7 Å². The second-order valence-electron chi connectivity index (χ2n) is 13.2. The molecule has 1 fully saturated rings. The highest BCUT2D eigenvalue weighted by Gasteiger charge is 2.44. The molecule has 0 radical (unpaired) electrons. The van der Waals surface area contributed by atoms with Crippen LogP contribution in [0.15, 0.2) is 47.5 Å². The molecule has 7 rings (SSSR count). The van der Waals surface area contributed by atoms with Gasteiger partial charge in [0.15, 0.2) is 5.82 Å². The number of carbonyl (C=O) groups is 5. The van der Waals surface area contributed by atoms with Crippen molar-refractivity contribution < 1.29 is 24.0 Å². The number of unbranched alkanes of at least 4 members (excludes halogenated alkanes) is 1. The van der Waals surface area contributed by atoms with Crippen molar-refractivity contribution in [3.8, 4) is 5.00 Å². The van der Waals surface area contributed by atoms with Crippen LogP contribution in [-0.4, -0.2) is 74.0 Å². The maximum atomic E-state index is 13.3. The van der Waals surface area contributed by atoms with Crippen LogP contribution in [0.1, 0.15) is 97.6 Å². The van der Waals surface area contributed by atoms with E-state index in [0.717, 1.165) is 50.1 Å². The summed E-state index contributed by atoms with van der Waals surface area (Å²) in [6, 6.07) is 11.7. The monoisotopic (exact) mass is 706 g/mol. The zero-order valence-electron chi connectivity index (χ0n) is 28.8. The zero-order valence-corrected chi connectivity index (χ0v) is 29.6. The average molecular weight is 707 g/mol. The molecule has 1 saturated heterocycles. The number of aryl methyl sites for hydroxylation is 3. The van der Waals surface area contributed by atoms with Crippen molar-refractivity contribution in [2.75, 3.05) is 18.4 Å². The maximum absolute atomic E-state index is 13.3. The normalized spacial score (nSPS) is 18.1. The first kappa shape index (κ1) is 34.0. The lowest BCUT2D eigenvalue weighted by Crippen LogP contribution is -2.54. The molecule has 0 bridgehead atoms. The molecule has 2 atom stereocenters.